The molecule has 17 heavy (non-hydrogen) atoms. The molecular formula is C11H10Cl2N2O2. The summed E-state index contributed by atoms with van der Waals surface area (Å²) in [6.45, 7) is 0.463. The van der Waals surface area contributed by atoms with E-state index >= 15 is 0 Å². The van der Waals surface area contributed by atoms with Crippen LogP contribution >= 0.6 is 23.2 Å². The molecule has 0 spiro atoms. The van der Waals surface area contributed by atoms with Crippen LogP contribution in [0.15, 0.2) is 23.3 Å². The maximum absolute atomic E-state index is 11.3. The molecule has 0 amide bonds. The van der Waals surface area contributed by atoms with E-state index in [9.17, 15) is 4.79 Å². The number of nitrogens with zero attached hydrogens (tertiary/aromatic N) is 1. The molecule has 1 heterocycles. The Hall–Kier alpha value is -1.26. The van der Waals surface area contributed by atoms with Gasteiger partial charge in [0, 0.05) is 6.42 Å². The summed E-state index contributed by atoms with van der Waals surface area (Å²) in [6.07, 6.45) is 1.42. The number of rotatable bonds is 2. The van der Waals surface area contributed by atoms with Crippen LogP contribution < -0.4 is 5.43 Å². The van der Waals surface area contributed by atoms with Crippen LogP contribution in [0.3, 0.4) is 0 Å². The second-order valence-corrected chi connectivity index (χ2v) is 4.35. The number of halogens is 2. The van der Waals surface area contributed by atoms with Gasteiger partial charge in [0.15, 0.2) is 0 Å². The van der Waals surface area contributed by atoms with Gasteiger partial charge in [-0.25, -0.2) is 4.79 Å². The number of nitrogens with one attached hydrogen (secondary N) is 1. The Kier molecular flexibility index (Phi) is 3.86. The molecule has 6 heteroatoms. The van der Waals surface area contributed by atoms with Crippen molar-refractivity contribution in [3.8, 4) is 0 Å². The first-order chi connectivity index (χ1) is 8.16. The largest absolute Gasteiger partial charge is 0.461 e. The quantitative estimate of drug-likeness (QED) is 0.665. The molecule has 90 valence electrons. The van der Waals surface area contributed by atoms with E-state index in [1.807, 2.05) is 0 Å². The fraction of sp³-hybridized carbons (Fsp3) is 0.273. The molecule has 1 aromatic rings. The van der Waals surface area contributed by atoms with Crippen molar-refractivity contribution in [1.82, 2.24) is 0 Å². The van der Waals surface area contributed by atoms with Gasteiger partial charge in [-0.2, -0.15) is 5.10 Å². The van der Waals surface area contributed by atoms with E-state index in [0.717, 1.165) is 6.42 Å². The lowest BCUT2D eigenvalue weighted by atomic mass is 10.2. The summed E-state index contributed by atoms with van der Waals surface area (Å²) in [5.74, 6) is -0.371. The van der Waals surface area contributed by atoms with Gasteiger partial charge in [-0.05, 0) is 24.6 Å². The van der Waals surface area contributed by atoms with Gasteiger partial charge in [-0.1, -0.05) is 23.2 Å². The van der Waals surface area contributed by atoms with Crippen molar-refractivity contribution in [1.29, 1.82) is 0 Å². The Morgan fingerprint density at radius 2 is 2.12 bits per heavy atom. The zero-order valence-electron chi connectivity index (χ0n) is 8.87. The summed E-state index contributed by atoms with van der Waals surface area (Å²) in [4.78, 5) is 11.3. The number of carbonyl (C=O) groups excluding carboxylic acids is 1. The molecule has 1 fully saturated rings. The van der Waals surface area contributed by atoms with Crippen LogP contribution in [0.25, 0.3) is 0 Å². The van der Waals surface area contributed by atoms with E-state index in [1.54, 1.807) is 18.2 Å². The molecule has 1 aliphatic heterocycles. The molecule has 0 aliphatic carbocycles. The highest BCUT2D eigenvalue weighted by Crippen LogP contribution is 2.25. The SMILES string of the molecule is O=C1OCCCC1=NNc1ccc(Cl)c(Cl)c1. The third kappa shape index (κ3) is 3.11. The highest BCUT2D eigenvalue weighted by molar-refractivity contribution is 6.42. The van der Waals surface area contributed by atoms with Crippen LogP contribution in [0, 0.1) is 0 Å². The Morgan fingerprint density at radius 3 is 2.82 bits per heavy atom. The van der Waals surface area contributed by atoms with E-state index in [0.29, 0.717) is 34.5 Å². The van der Waals surface area contributed by atoms with Crippen molar-refractivity contribution in [3.05, 3.63) is 28.2 Å². The molecule has 1 aliphatic rings. The fourth-order valence-electron chi connectivity index (χ4n) is 1.39. The van der Waals surface area contributed by atoms with E-state index in [-0.39, 0.29) is 5.97 Å². The number of carbonyl (C=O) groups is 1. The second-order valence-electron chi connectivity index (χ2n) is 3.54. The molecular weight excluding hydrogens is 263 g/mol. The zero-order chi connectivity index (χ0) is 12.3. The predicted molar refractivity (Wildman–Crippen MR) is 67.7 cm³/mol. The number of ether oxygens (including phenoxy) is 1. The number of cyclic esters (lactones) is 1. The standard InChI is InChI=1S/C11H10Cl2N2O2/c12-8-4-3-7(6-9(8)13)14-15-10-2-1-5-17-11(10)16/h3-4,6,14H,1-2,5H2. The summed E-state index contributed by atoms with van der Waals surface area (Å²) < 4.78 is 4.86. The number of hydrogen-bond donors (Lipinski definition) is 1. The normalized spacial score (nSPS) is 18.0. The summed E-state index contributed by atoms with van der Waals surface area (Å²) in [5.41, 5.74) is 3.82. The number of hydrazone groups is 1. The van der Waals surface area contributed by atoms with Gasteiger partial charge in [0.2, 0.25) is 0 Å². The molecule has 0 bridgehead atoms. The molecule has 0 atom stereocenters. The van der Waals surface area contributed by atoms with E-state index < -0.39 is 0 Å². The highest BCUT2D eigenvalue weighted by atomic mass is 35.5. The summed E-state index contributed by atoms with van der Waals surface area (Å²) in [5, 5.41) is 4.90. The highest BCUT2D eigenvalue weighted by Gasteiger charge is 2.18. The van der Waals surface area contributed by atoms with Crippen molar-refractivity contribution in [2.45, 2.75) is 12.8 Å². The molecule has 0 aromatic heterocycles. The van der Waals surface area contributed by atoms with E-state index in [1.165, 1.54) is 0 Å². The maximum Gasteiger partial charge on any atom is 0.354 e. The molecule has 1 N–H and O–H groups in total. The monoisotopic (exact) mass is 272 g/mol. The lowest BCUT2D eigenvalue weighted by Crippen LogP contribution is -2.24. The average Bonchev–Trinajstić information content (AvgIpc) is 2.32. The Morgan fingerprint density at radius 1 is 1.29 bits per heavy atom. The number of hydrogen-bond acceptors (Lipinski definition) is 4. The van der Waals surface area contributed by atoms with Gasteiger partial charge in [0.25, 0.3) is 0 Å². The summed E-state index contributed by atoms with van der Waals surface area (Å²) in [6, 6.07) is 5.03. The van der Waals surface area contributed by atoms with E-state index in [4.69, 9.17) is 27.9 Å². The van der Waals surface area contributed by atoms with Crippen molar-refractivity contribution in [2.75, 3.05) is 12.0 Å². The van der Waals surface area contributed by atoms with Crippen molar-refractivity contribution in [3.63, 3.8) is 0 Å². The Labute approximate surface area is 109 Å². The van der Waals surface area contributed by atoms with Crippen LogP contribution in [0.4, 0.5) is 5.69 Å². The predicted octanol–water partition coefficient (Wildman–Crippen LogP) is 3.10. The molecule has 0 saturated carbocycles. The van der Waals surface area contributed by atoms with Crippen molar-refractivity contribution >= 4 is 40.6 Å². The minimum Gasteiger partial charge on any atom is -0.461 e. The topological polar surface area (TPSA) is 50.7 Å². The molecule has 0 radical (unpaired) electrons. The van der Waals surface area contributed by atoms with Crippen LogP contribution in [0.5, 0.6) is 0 Å². The molecule has 2 rings (SSSR count). The summed E-state index contributed by atoms with van der Waals surface area (Å²) >= 11 is 11.6. The van der Waals surface area contributed by atoms with Gasteiger partial charge in [-0.15, -0.1) is 0 Å². The molecule has 1 aromatic carbocycles. The number of esters is 1. The third-order valence-corrected chi connectivity index (χ3v) is 3.01. The maximum atomic E-state index is 11.3. The zero-order valence-corrected chi connectivity index (χ0v) is 10.4. The van der Waals surface area contributed by atoms with Crippen LogP contribution in [-0.2, 0) is 9.53 Å². The molecule has 1 saturated heterocycles. The van der Waals surface area contributed by atoms with Crippen LogP contribution in [0.2, 0.25) is 10.0 Å². The minimum absolute atomic E-state index is 0.371. The van der Waals surface area contributed by atoms with Crippen LogP contribution in [0.1, 0.15) is 12.8 Å². The van der Waals surface area contributed by atoms with Gasteiger partial charge in [-0.3, -0.25) is 5.43 Å². The fourth-order valence-corrected chi connectivity index (χ4v) is 1.69. The number of anilines is 1. The smallest absolute Gasteiger partial charge is 0.354 e. The third-order valence-electron chi connectivity index (χ3n) is 2.27. The average molecular weight is 273 g/mol. The van der Waals surface area contributed by atoms with Gasteiger partial charge in [0.05, 0.1) is 22.3 Å². The van der Waals surface area contributed by atoms with Gasteiger partial charge < -0.3 is 4.74 Å². The number of benzene rings is 1. The minimum atomic E-state index is -0.371. The van der Waals surface area contributed by atoms with Crippen molar-refractivity contribution < 1.29 is 9.53 Å². The molecule has 0 unspecified atom stereocenters. The Balaban J connectivity index is 2.08. The van der Waals surface area contributed by atoms with Crippen LogP contribution in [-0.4, -0.2) is 18.3 Å². The molecule has 4 nitrogen and oxygen atoms in total. The van der Waals surface area contributed by atoms with Crippen molar-refractivity contribution in [2.24, 2.45) is 5.10 Å². The second kappa shape index (κ2) is 5.38. The van der Waals surface area contributed by atoms with E-state index in [2.05, 4.69) is 10.5 Å². The first kappa shape index (κ1) is 12.2. The lowest BCUT2D eigenvalue weighted by Gasteiger charge is -2.12. The van der Waals surface area contributed by atoms with Gasteiger partial charge >= 0.3 is 5.97 Å². The first-order valence-electron chi connectivity index (χ1n) is 5.11. The lowest BCUT2D eigenvalue weighted by molar-refractivity contribution is -0.137. The first-order valence-corrected chi connectivity index (χ1v) is 5.87. The van der Waals surface area contributed by atoms with Gasteiger partial charge in [0.1, 0.15) is 5.71 Å². The Bertz CT molecular complexity index is 475. The summed E-state index contributed by atoms with van der Waals surface area (Å²) in [7, 11) is 0.